The summed E-state index contributed by atoms with van der Waals surface area (Å²) in [6.07, 6.45) is 0. The van der Waals surface area contributed by atoms with Crippen molar-refractivity contribution < 1.29 is 9.53 Å². The van der Waals surface area contributed by atoms with Gasteiger partial charge in [0.2, 0.25) is 0 Å². The average Bonchev–Trinajstić information content (AvgIpc) is 2.76. The second-order valence-corrected chi connectivity index (χ2v) is 7.58. The molecule has 0 spiro atoms. The minimum absolute atomic E-state index is 0.200. The molecule has 2 aromatic carbocycles. The zero-order chi connectivity index (χ0) is 22.9. The molecule has 0 aliphatic rings. The van der Waals surface area contributed by atoms with Gasteiger partial charge in [-0.2, -0.15) is 5.10 Å². The third kappa shape index (κ3) is 6.68. The predicted molar refractivity (Wildman–Crippen MR) is 126 cm³/mol. The fraction of sp³-hybridized carbons (Fsp3) is 0.292. The van der Waals surface area contributed by atoms with E-state index in [2.05, 4.69) is 20.6 Å². The predicted octanol–water partition coefficient (Wildman–Crippen LogP) is 3.04. The Bertz CT molecular complexity index is 1110. The van der Waals surface area contributed by atoms with Gasteiger partial charge >= 0.3 is 6.03 Å². The Labute approximate surface area is 187 Å². The Hall–Kier alpha value is -3.65. The summed E-state index contributed by atoms with van der Waals surface area (Å²) in [5, 5.41) is 10.0. The summed E-state index contributed by atoms with van der Waals surface area (Å²) in [4.78, 5) is 26.2. The number of nitrogens with zero attached hydrogens (tertiary/aromatic N) is 3. The van der Waals surface area contributed by atoms with Gasteiger partial charge in [-0.15, -0.1) is 0 Å². The number of carbonyl (C=O) groups is 1. The number of hydrogen-bond acceptors (Lipinski definition) is 5. The topological polar surface area (TPSA) is 88.5 Å². The summed E-state index contributed by atoms with van der Waals surface area (Å²) in [6.45, 7) is 4.09. The van der Waals surface area contributed by atoms with Crippen molar-refractivity contribution in [2.45, 2.75) is 13.5 Å². The number of benzene rings is 2. The largest absolute Gasteiger partial charge is 0.492 e. The smallest absolute Gasteiger partial charge is 0.319 e. The minimum Gasteiger partial charge on any atom is -0.492 e. The van der Waals surface area contributed by atoms with Crippen molar-refractivity contribution in [3.05, 3.63) is 76.6 Å². The van der Waals surface area contributed by atoms with Crippen molar-refractivity contribution in [3.63, 3.8) is 0 Å². The second-order valence-electron chi connectivity index (χ2n) is 7.58. The van der Waals surface area contributed by atoms with Gasteiger partial charge in [0.25, 0.3) is 5.56 Å². The maximum absolute atomic E-state index is 12.4. The van der Waals surface area contributed by atoms with Gasteiger partial charge in [-0.1, -0.05) is 24.3 Å². The van der Waals surface area contributed by atoms with Gasteiger partial charge in [0, 0.05) is 30.4 Å². The van der Waals surface area contributed by atoms with Crippen molar-refractivity contribution >= 4 is 11.7 Å². The van der Waals surface area contributed by atoms with E-state index < -0.39 is 0 Å². The number of urea groups is 1. The fourth-order valence-corrected chi connectivity index (χ4v) is 3.06. The van der Waals surface area contributed by atoms with Crippen LogP contribution < -0.4 is 20.9 Å². The molecule has 1 aromatic heterocycles. The molecule has 32 heavy (non-hydrogen) atoms. The van der Waals surface area contributed by atoms with Gasteiger partial charge in [0.1, 0.15) is 12.4 Å². The summed E-state index contributed by atoms with van der Waals surface area (Å²) < 4.78 is 7.23. The number of likely N-dealkylation sites (N-methyl/N-ethyl adjacent to an activating group) is 1. The fourth-order valence-electron chi connectivity index (χ4n) is 3.06. The normalized spacial score (nSPS) is 10.8. The highest BCUT2D eigenvalue weighted by Crippen LogP contribution is 2.22. The molecule has 0 unspecified atom stereocenters. The van der Waals surface area contributed by atoms with Crippen molar-refractivity contribution in [2.24, 2.45) is 0 Å². The van der Waals surface area contributed by atoms with Crippen LogP contribution in [-0.4, -0.2) is 54.5 Å². The van der Waals surface area contributed by atoms with Crippen LogP contribution in [0.1, 0.15) is 12.5 Å². The first-order valence-electron chi connectivity index (χ1n) is 10.5. The van der Waals surface area contributed by atoms with Gasteiger partial charge in [-0.25, -0.2) is 9.48 Å². The van der Waals surface area contributed by atoms with Crippen molar-refractivity contribution in [1.29, 1.82) is 0 Å². The summed E-state index contributed by atoms with van der Waals surface area (Å²) >= 11 is 0. The van der Waals surface area contributed by atoms with E-state index in [1.54, 1.807) is 12.1 Å². The molecule has 1 heterocycles. The van der Waals surface area contributed by atoms with Crippen LogP contribution in [-0.2, 0) is 6.54 Å². The average molecular weight is 436 g/mol. The first kappa shape index (κ1) is 23.0. The molecule has 0 radical (unpaired) electrons. The van der Waals surface area contributed by atoms with Crippen LogP contribution in [0.4, 0.5) is 10.5 Å². The van der Waals surface area contributed by atoms with Gasteiger partial charge in [-0.3, -0.25) is 4.79 Å². The van der Waals surface area contributed by atoms with E-state index in [1.807, 2.05) is 63.5 Å². The Morgan fingerprint density at radius 2 is 1.91 bits per heavy atom. The lowest BCUT2D eigenvalue weighted by molar-refractivity contribution is 0.252. The molecule has 0 atom stereocenters. The molecular weight excluding hydrogens is 406 g/mol. The van der Waals surface area contributed by atoms with E-state index >= 15 is 0 Å². The summed E-state index contributed by atoms with van der Waals surface area (Å²) in [6, 6.07) is 18.0. The van der Waals surface area contributed by atoms with E-state index in [0.29, 0.717) is 24.5 Å². The third-order valence-electron chi connectivity index (χ3n) is 4.66. The number of aromatic nitrogens is 2. The Morgan fingerprint density at radius 1 is 1.09 bits per heavy atom. The van der Waals surface area contributed by atoms with Gasteiger partial charge < -0.3 is 20.3 Å². The van der Waals surface area contributed by atoms with E-state index in [0.717, 1.165) is 23.4 Å². The molecule has 3 rings (SSSR count). The minimum atomic E-state index is -0.269. The number of amides is 2. The molecule has 0 aliphatic carbocycles. The highest BCUT2D eigenvalue weighted by atomic mass is 16.5. The molecule has 2 amide bonds. The molecule has 168 valence electrons. The van der Waals surface area contributed by atoms with Crippen LogP contribution in [0.3, 0.4) is 0 Å². The molecule has 0 bridgehead atoms. The number of rotatable bonds is 9. The van der Waals surface area contributed by atoms with Crippen LogP contribution in [0.25, 0.3) is 11.3 Å². The first-order valence-corrected chi connectivity index (χ1v) is 10.5. The van der Waals surface area contributed by atoms with Crippen LogP contribution in [0.15, 0.2) is 65.5 Å². The quantitative estimate of drug-likeness (QED) is 0.539. The third-order valence-corrected chi connectivity index (χ3v) is 4.66. The van der Waals surface area contributed by atoms with Crippen LogP contribution in [0.5, 0.6) is 5.75 Å². The van der Waals surface area contributed by atoms with Crippen LogP contribution >= 0.6 is 0 Å². The number of nitrogens with one attached hydrogen (secondary N) is 2. The number of ether oxygens (including phenoxy) is 1. The SMILES string of the molecule is CCNC(=O)Nc1cccc(Cn2nc(-c3cccc(OCCN(C)C)c3)ccc2=O)c1. The highest BCUT2D eigenvalue weighted by Gasteiger charge is 2.07. The van der Waals surface area contributed by atoms with Crippen molar-refractivity contribution in [3.8, 4) is 17.0 Å². The lowest BCUT2D eigenvalue weighted by Crippen LogP contribution is -2.28. The number of carbonyl (C=O) groups excluding carboxylic acids is 1. The Morgan fingerprint density at radius 3 is 2.69 bits per heavy atom. The summed E-state index contributed by atoms with van der Waals surface area (Å²) in [5.74, 6) is 0.757. The molecule has 0 saturated heterocycles. The maximum Gasteiger partial charge on any atom is 0.319 e. The van der Waals surface area contributed by atoms with Crippen LogP contribution in [0, 0.1) is 0 Å². The molecule has 0 aliphatic heterocycles. The monoisotopic (exact) mass is 435 g/mol. The van der Waals surface area contributed by atoms with Crippen LogP contribution in [0.2, 0.25) is 0 Å². The van der Waals surface area contributed by atoms with E-state index in [-0.39, 0.29) is 18.1 Å². The van der Waals surface area contributed by atoms with Gasteiger partial charge in [0.05, 0.1) is 12.2 Å². The lowest BCUT2D eigenvalue weighted by atomic mass is 10.1. The van der Waals surface area contributed by atoms with E-state index in [9.17, 15) is 9.59 Å². The summed E-state index contributed by atoms with van der Waals surface area (Å²) in [5.41, 5.74) is 2.85. The van der Waals surface area contributed by atoms with E-state index in [4.69, 9.17) is 4.74 Å². The molecule has 3 aromatic rings. The highest BCUT2D eigenvalue weighted by molar-refractivity contribution is 5.89. The number of anilines is 1. The molecule has 8 nitrogen and oxygen atoms in total. The zero-order valence-corrected chi connectivity index (χ0v) is 18.7. The Balaban J connectivity index is 1.77. The van der Waals surface area contributed by atoms with Gasteiger partial charge in [-0.05, 0) is 56.9 Å². The molecule has 2 N–H and O–H groups in total. The van der Waals surface area contributed by atoms with Gasteiger partial charge in [0.15, 0.2) is 0 Å². The van der Waals surface area contributed by atoms with Crippen molar-refractivity contribution in [2.75, 3.05) is 39.1 Å². The molecule has 0 fully saturated rings. The standard InChI is InChI=1S/C24H29N5O3/c1-4-25-24(31)26-20-9-5-7-18(15-20)17-29-23(30)12-11-22(27-29)19-8-6-10-21(16-19)32-14-13-28(2)3/h5-12,15-16H,4,13-14,17H2,1-3H3,(H2,25,26,31). The van der Waals surface area contributed by atoms with E-state index in [1.165, 1.54) is 10.7 Å². The lowest BCUT2D eigenvalue weighted by Gasteiger charge is -2.12. The molecular formula is C24H29N5O3. The summed E-state index contributed by atoms with van der Waals surface area (Å²) in [7, 11) is 4.00. The molecule has 0 saturated carbocycles. The maximum atomic E-state index is 12.4. The van der Waals surface area contributed by atoms with Crippen molar-refractivity contribution in [1.82, 2.24) is 20.0 Å². The number of hydrogen-bond donors (Lipinski definition) is 2. The first-order chi connectivity index (χ1) is 15.4. The second kappa shape index (κ2) is 11.1. The Kier molecular flexibility index (Phi) is 7.99. The zero-order valence-electron chi connectivity index (χ0n) is 18.7. The molecule has 8 heteroatoms.